The van der Waals surface area contributed by atoms with Crippen molar-refractivity contribution < 1.29 is 4.74 Å². The standard InChI is InChI=1S/C14H20ClN5O/c1-4-8-16-10(2)14-17-18-19-20(14)9-11-12(15)6-5-7-13(11)21-3/h5-7,10,16H,4,8-9H2,1-3H3. The second-order valence-electron chi connectivity index (χ2n) is 4.79. The minimum absolute atomic E-state index is 0.0773. The number of rotatable bonds is 7. The second kappa shape index (κ2) is 7.38. The van der Waals surface area contributed by atoms with Crippen LogP contribution in [-0.2, 0) is 6.54 Å². The van der Waals surface area contributed by atoms with E-state index in [1.165, 1.54) is 0 Å². The van der Waals surface area contributed by atoms with Crippen LogP contribution in [0.15, 0.2) is 18.2 Å². The molecule has 1 aromatic heterocycles. The van der Waals surface area contributed by atoms with Crippen molar-refractivity contribution in [2.45, 2.75) is 32.9 Å². The molecule has 2 rings (SSSR count). The predicted octanol–water partition coefficient (Wildman–Crippen LogP) is 2.44. The van der Waals surface area contributed by atoms with Crippen LogP contribution in [0.2, 0.25) is 5.02 Å². The van der Waals surface area contributed by atoms with Crippen molar-refractivity contribution in [1.29, 1.82) is 0 Å². The van der Waals surface area contributed by atoms with E-state index in [-0.39, 0.29) is 6.04 Å². The summed E-state index contributed by atoms with van der Waals surface area (Å²) in [4.78, 5) is 0. The van der Waals surface area contributed by atoms with Crippen molar-refractivity contribution in [3.8, 4) is 5.75 Å². The molecule has 0 aliphatic carbocycles. The van der Waals surface area contributed by atoms with E-state index in [4.69, 9.17) is 16.3 Å². The van der Waals surface area contributed by atoms with Crippen LogP contribution in [0.25, 0.3) is 0 Å². The molecule has 114 valence electrons. The molecule has 1 aromatic carbocycles. The molecule has 6 nitrogen and oxygen atoms in total. The Kier molecular flexibility index (Phi) is 5.52. The van der Waals surface area contributed by atoms with Crippen LogP contribution in [0.5, 0.6) is 5.75 Å². The number of benzene rings is 1. The van der Waals surface area contributed by atoms with Gasteiger partial charge in [0.05, 0.1) is 19.7 Å². The molecule has 0 aliphatic heterocycles. The molecule has 7 heteroatoms. The van der Waals surface area contributed by atoms with E-state index in [1.54, 1.807) is 11.8 Å². The van der Waals surface area contributed by atoms with Crippen LogP contribution in [0, 0.1) is 0 Å². The SMILES string of the molecule is CCCNC(C)c1nnnn1Cc1c(Cl)cccc1OC. The number of ether oxygens (including phenoxy) is 1. The molecule has 1 heterocycles. The van der Waals surface area contributed by atoms with E-state index in [0.29, 0.717) is 11.6 Å². The first-order valence-corrected chi connectivity index (χ1v) is 7.36. The summed E-state index contributed by atoms with van der Waals surface area (Å²) >= 11 is 6.26. The number of tetrazole rings is 1. The van der Waals surface area contributed by atoms with Crippen LogP contribution >= 0.6 is 11.6 Å². The van der Waals surface area contributed by atoms with Crippen LogP contribution in [0.3, 0.4) is 0 Å². The van der Waals surface area contributed by atoms with Crippen molar-refractivity contribution in [2.75, 3.05) is 13.7 Å². The van der Waals surface area contributed by atoms with Gasteiger partial charge >= 0.3 is 0 Å². The zero-order chi connectivity index (χ0) is 15.2. The van der Waals surface area contributed by atoms with Gasteiger partial charge in [-0.05, 0) is 42.4 Å². The molecule has 0 bridgehead atoms. The molecular formula is C14H20ClN5O. The average molecular weight is 310 g/mol. The normalized spacial score (nSPS) is 12.4. The summed E-state index contributed by atoms with van der Waals surface area (Å²) in [5.41, 5.74) is 0.873. The molecule has 0 radical (unpaired) electrons. The highest BCUT2D eigenvalue weighted by Gasteiger charge is 2.16. The molecule has 1 atom stereocenters. The van der Waals surface area contributed by atoms with E-state index in [0.717, 1.165) is 30.1 Å². The third-order valence-corrected chi connectivity index (χ3v) is 3.61. The summed E-state index contributed by atoms with van der Waals surface area (Å²) in [5, 5.41) is 16.0. The Labute approximate surface area is 129 Å². The summed E-state index contributed by atoms with van der Waals surface area (Å²) < 4.78 is 7.11. The van der Waals surface area contributed by atoms with Crippen LogP contribution < -0.4 is 10.1 Å². The Balaban J connectivity index is 2.23. The molecule has 1 unspecified atom stereocenters. The van der Waals surface area contributed by atoms with Crippen molar-refractivity contribution in [1.82, 2.24) is 25.5 Å². The second-order valence-corrected chi connectivity index (χ2v) is 5.20. The molecule has 1 N–H and O–H groups in total. The van der Waals surface area contributed by atoms with Crippen molar-refractivity contribution in [2.24, 2.45) is 0 Å². The summed E-state index contributed by atoms with van der Waals surface area (Å²) in [6.07, 6.45) is 1.06. The van der Waals surface area contributed by atoms with E-state index < -0.39 is 0 Å². The minimum Gasteiger partial charge on any atom is -0.496 e. The fourth-order valence-corrected chi connectivity index (χ4v) is 2.35. The van der Waals surface area contributed by atoms with Gasteiger partial charge in [0.25, 0.3) is 0 Å². The fourth-order valence-electron chi connectivity index (χ4n) is 2.12. The Morgan fingerprint density at radius 1 is 1.43 bits per heavy atom. The number of methoxy groups -OCH3 is 1. The number of nitrogens with zero attached hydrogens (tertiary/aromatic N) is 4. The van der Waals surface area contributed by atoms with E-state index in [1.807, 2.05) is 25.1 Å². The zero-order valence-electron chi connectivity index (χ0n) is 12.5. The molecule has 0 amide bonds. The summed E-state index contributed by atoms with van der Waals surface area (Å²) in [5.74, 6) is 1.52. The van der Waals surface area contributed by atoms with Crippen molar-refractivity contribution in [3.05, 3.63) is 34.6 Å². The van der Waals surface area contributed by atoms with Crippen LogP contribution in [-0.4, -0.2) is 33.9 Å². The highest BCUT2D eigenvalue weighted by Crippen LogP contribution is 2.27. The van der Waals surface area contributed by atoms with Gasteiger partial charge in [0.2, 0.25) is 0 Å². The zero-order valence-corrected chi connectivity index (χ0v) is 13.3. The van der Waals surface area contributed by atoms with Gasteiger partial charge in [-0.1, -0.05) is 24.6 Å². The van der Waals surface area contributed by atoms with Crippen LogP contribution in [0.4, 0.5) is 0 Å². The first-order valence-electron chi connectivity index (χ1n) is 6.98. The fraction of sp³-hybridized carbons (Fsp3) is 0.500. The van der Waals surface area contributed by atoms with Crippen molar-refractivity contribution >= 4 is 11.6 Å². The quantitative estimate of drug-likeness (QED) is 0.851. The van der Waals surface area contributed by atoms with Crippen molar-refractivity contribution in [3.63, 3.8) is 0 Å². The average Bonchev–Trinajstić information content (AvgIpc) is 2.95. The number of hydrogen-bond acceptors (Lipinski definition) is 5. The predicted molar refractivity (Wildman–Crippen MR) is 81.6 cm³/mol. The molecule has 21 heavy (non-hydrogen) atoms. The van der Waals surface area contributed by atoms with Crippen LogP contribution in [0.1, 0.15) is 37.7 Å². The smallest absolute Gasteiger partial charge is 0.168 e. The molecule has 2 aromatic rings. The van der Waals surface area contributed by atoms with Gasteiger partial charge in [0.1, 0.15) is 5.75 Å². The largest absolute Gasteiger partial charge is 0.496 e. The lowest BCUT2D eigenvalue weighted by Gasteiger charge is -2.14. The summed E-state index contributed by atoms with van der Waals surface area (Å²) in [7, 11) is 1.63. The molecule has 0 aliphatic rings. The molecule has 0 fully saturated rings. The Morgan fingerprint density at radius 3 is 2.95 bits per heavy atom. The highest BCUT2D eigenvalue weighted by molar-refractivity contribution is 6.31. The van der Waals surface area contributed by atoms with Gasteiger partial charge < -0.3 is 10.1 Å². The summed E-state index contributed by atoms with van der Waals surface area (Å²) in [6, 6.07) is 5.65. The third kappa shape index (κ3) is 3.71. The maximum absolute atomic E-state index is 6.26. The molecule has 0 spiro atoms. The number of nitrogens with one attached hydrogen (secondary N) is 1. The lowest BCUT2D eigenvalue weighted by atomic mass is 10.2. The lowest BCUT2D eigenvalue weighted by Crippen LogP contribution is -2.23. The Hall–Kier alpha value is -1.66. The first kappa shape index (κ1) is 15.7. The minimum atomic E-state index is 0.0773. The Morgan fingerprint density at radius 2 is 2.24 bits per heavy atom. The molecular weight excluding hydrogens is 290 g/mol. The van der Waals surface area contributed by atoms with Gasteiger partial charge in [-0.15, -0.1) is 5.10 Å². The maximum atomic E-state index is 6.26. The maximum Gasteiger partial charge on any atom is 0.168 e. The summed E-state index contributed by atoms with van der Waals surface area (Å²) in [6.45, 7) is 5.56. The molecule has 0 saturated carbocycles. The lowest BCUT2D eigenvalue weighted by molar-refractivity contribution is 0.405. The molecule has 0 saturated heterocycles. The Bertz CT molecular complexity index is 586. The van der Waals surface area contributed by atoms with Gasteiger partial charge in [-0.25, -0.2) is 4.68 Å². The topological polar surface area (TPSA) is 64.9 Å². The van der Waals surface area contributed by atoms with E-state index >= 15 is 0 Å². The van der Waals surface area contributed by atoms with Gasteiger partial charge in [0.15, 0.2) is 5.82 Å². The third-order valence-electron chi connectivity index (χ3n) is 3.25. The highest BCUT2D eigenvalue weighted by atomic mass is 35.5. The first-order chi connectivity index (χ1) is 10.2. The van der Waals surface area contributed by atoms with Gasteiger partial charge in [-0.2, -0.15) is 0 Å². The number of halogens is 1. The number of aromatic nitrogens is 4. The number of hydrogen-bond donors (Lipinski definition) is 1. The van der Waals surface area contributed by atoms with E-state index in [9.17, 15) is 0 Å². The monoisotopic (exact) mass is 309 g/mol. The van der Waals surface area contributed by atoms with Gasteiger partial charge in [0, 0.05) is 10.6 Å². The van der Waals surface area contributed by atoms with Gasteiger partial charge in [-0.3, -0.25) is 0 Å². The van der Waals surface area contributed by atoms with E-state index in [2.05, 4.69) is 27.8 Å².